The molecule has 0 radical (unpaired) electrons. The summed E-state index contributed by atoms with van der Waals surface area (Å²) in [7, 11) is -4.49. The van der Waals surface area contributed by atoms with E-state index < -0.39 is 57.2 Å². The molecule has 176 valence electrons. The molecule has 1 saturated heterocycles. The van der Waals surface area contributed by atoms with E-state index in [0.717, 1.165) is 16.4 Å². The first kappa shape index (κ1) is 22.5. The van der Waals surface area contributed by atoms with Crippen LogP contribution in [0.2, 0.25) is 0 Å². The van der Waals surface area contributed by atoms with Gasteiger partial charge in [-0.1, -0.05) is 42.5 Å². The summed E-state index contributed by atoms with van der Waals surface area (Å²) in [5.74, 6) is -4.55. The lowest BCUT2D eigenvalue weighted by molar-refractivity contribution is -0.144. The van der Waals surface area contributed by atoms with Gasteiger partial charge < -0.3 is 14.8 Å². The van der Waals surface area contributed by atoms with Crippen LogP contribution in [-0.4, -0.2) is 46.1 Å². The molecule has 0 unspecified atom stereocenters. The first-order valence-electron chi connectivity index (χ1n) is 10.7. The Hall–Kier alpha value is -3.34. The number of rotatable bonds is 5. The molecule has 2 aliphatic heterocycles. The second kappa shape index (κ2) is 8.15. The lowest BCUT2D eigenvalue weighted by Gasteiger charge is -2.37. The van der Waals surface area contributed by atoms with Crippen LogP contribution < -0.4 is 5.56 Å². The van der Waals surface area contributed by atoms with E-state index in [1.807, 2.05) is 6.07 Å². The van der Waals surface area contributed by atoms with Crippen molar-refractivity contribution in [1.29, 1.82) is 0 Å². The maximum atomic E-state index is 14.5. The van der Waals surface area contributed by atoms with Gasteiger partial charge in [0.05, 0.1) is 12.0 Å². The third-order valence-corrected chi connectivity index (χ3v) is 8.69. The van der Waals surface area contributed by atoms with E-state index in [1.54, 1.807) is 36.4 Å². The van der Waals surface area contributed by atoms with Crippen molar-refractivity contribution in [3.8, 4) is 11.1 Å². The molecule has 2 bridgehead atoms. The molecule has 0 spiro atoms. The van der Waals surface area contributed by atoms with Gasteiger partial charge in [0.2, 0.25) is 10.0 Å². The Labute approximate surface area is 194 Å². The molecule has 4 atom stereocenters. The molecular formula is C24H21FN2O6S. The highest BCUT2D eigenvalue weighted by Crippen LogP contribution is 2.51. The molecule has 0 aliphatic carbocycles. The minimum atomic E-state index is -4.49. The van der Waals surface area contributed by atoms with E-state index >= 15 is 0 Å². The minimum absolute atomic E-state index is 0.159. The van der Waals surface area contributed by atoms with Crippen molar-refractivity contribution >= 4 is 16.0 Å². The van der Waals surface area contributed by atoms with E-state index in [1.165, 1.54) is 16.7 Å². The summed E-state index contributed by atoms with van der Waals surface area (Å²) in [6, 6.07) is 14.6. The summed E-state index contributed by atoms with van der Waals surface area (Å²) in [5.41, 5.74) is 0.875. The van der Waals surface area contributed by atoms with Gasteiger partial charge in [-0.15, -0.1) is 0 Å². The smallest absolute Gasteiger partial charge is 0.308 e. The molecule has 8 nitrogen and oxygen atoms in total. The average molecular weight is 485 g/mol. The number of carbonyl (C=O) groups is 1. The number of carboxylic acids is 1. The number of benzene rings is 2. The fourth-order valence-corrected chi connectivity index (χ4v) is 7.18. The summed E-state index contributed by atoms with van der Waals surface area (Å²) in [4.78, 5) is 25.1. The summed E-state index contributed by atoms with van der Waals surface area (Å²) in [6.07, 6.45) is 0. The minimum Gasteiger partial charge on any atom is -0.481 e. The number of pyridine rings is 1. The van der Waals surface area contributed by atoms with Crippen LogP contribution in [0.1, 0.15) is 11.7 Å². The van der Waals surface area contributed by atoms with Gasteiger partial charge in [0.1, 0.15) is 10.7 Å². The number of carboxylic acid groups (broad SMARTS) is 1. The van der Waals surface area contributed by atoms with Gasteiger partial charge in [0.25, 0.3) is 5.56 Å². The van der Waals surface area contributed by atoms with Crippen LogP contribution in [0.5, 0.6) is 0 Å². The molecule has 5 rings (SSSR count). The molecule has 0 amide bonds. The number of aromatic nitrogens is 1. The van der Waals surface area contributed by atoms with Gasteiger partial charge in [-0.25, -0.2) is 12.8 Å². The van der Waals surface area contributed by atoms with E-state index in [-0.39, 0.29) is 17.8 Å². The Bertz CT molecular complexity index is 1440. The molecule has 2 aromatic carbocycles. The number of fused-ring (bicyclic) bond motifs is 4. The molecular weight excluding hydrogens is 463 g/mol. The highest BCUT2D eigenvalue weighted by atomic mass is 32.2. The van der Waals surface area contributed by atoms with Crippen molar-refractivity contribution < 1.29 is 27.8 Å². The fraction of sp³-hybridized carbons (Fsp3) is 0.250. The summed E-state index contributed by atoms with van der Waals surface area (Å²) >= 11 is 0. The van der Waals surface area contributed by atoms with E-state index in [0.29, 0.717) is 11.1 Å². The maximum absolute atomic E-state index is 14.5. The standard InChI is InChI=1S/C24H21FN2O6S/c25-17-8-4-5-9-20(17)34(32,33)27-19-12-26-18(22(27)21(24(30)31)16(19)13-28)11-10-15(23(26)29)14-6-2-1-3-7-14/h1-11,16,19,21-22,28H,12-13H2,(H,30,31)/t16-,19-,21+,22+/m0/s1. The van der Waals surface area contributed by atoms with Crippen LogP contribution in [0.25, 0.3) is 11.1 Å². The Morgan fingerprint density at radius 2 is 1.71 bits per heavy atom. The number of nitrogens with zero attached hydrogens (tertiary/aromatic N) is 2. The number of sulfonamides is 1. The van der Waals surface area contributed by atoms with Crippen LogP contribution >= 0.6 is 0 Å². The van der Waals surface area contributed by atoms with Crippen LogP contribution in [0.3, 0.4) is 0 Å². The van der Waals surface area contributed by atoms with Crippen LogP contribution in [0, 0.1) is 17.7 Å². The Morgan fingerprint density at radius 1 is 1.03 bits per heavy atom. The van der Waals surface area contributed by atoms with Crippen LogP contribution in [-0.2, 0) is 21.4 Å². The van der Waals surface area contributed by atoms with Crippen LogP contribution in [0.15, 0.2) is 76.4 Å². The zero-order chi connectivity index (χ0) is 24.2. The predicted molar refractivity (Wildman–Crippen MR) is 120 cm³/mol. The van der Waals surface area contributed by atoms with Gasteiger partial charge >= 0.3 is 5.97 Å². The van der Waals surface area contributed by atoms with E-state index in [2.05, 4.69) is 0 Å². The quantitative estimate of drug-likeness (QED) is 0.573. The first-order valence-corrected chi connectivity index (χ1v) is 12.1. The van der Waals surface area contributed by atoms with E-state index in [9.17, 15) is 32.6 Å². The van der Waals surface area contributed by atoms with Crippen LogP contribution in [0.4, 0.5) is 4.39 Å². The van der Waals surface area contributed by atoms with Crippen molar-refractivity contribution in [3.05, 3.63) is 88.6 Å². The van der Waals surface area contributed by atoms with Crippen molar-refractivity contribution in [1.82, 2.24) is 8.87 Å². The second-order valence-corrected chi connectivity index (χ2v) is 10.3. The third-order valence-electron chi connectivity index (χ3n) is 6.75. The van der Waals surface area contributed by atoms with Gasteiger partial charge in [-0.3, -0.25) is 9.59 Å². The average Bonchev–Trinajstić information content (AvgIpc) is 3.08. The fourth-order valence-electron chi connectivity index (χ4n) is 5.27. The zero-order valence-electron chi connectivity index (χ0n) is 17.8. The van der Waals surface area contributed by atoms with Gasteiger partial charge in [0.15, 0.2) is 0 Å². The molecule has 3 aromatic rings. The SMILES string of the molecule is O=C(O)[C@@H]1[C@@H](CO)[C@@H]2Cn3c(ccc(-c4ccccc4)c3=O)[C@H]1N2S(=O)(=O)c1ccccc1F. The Balaban J connectivity index is 1.73. The number of aliphatic carboxylic acids is 1. The molecule has 2 aliphatic rings. The number of aliphatic hydroxyl groups excluding tert-OH is 1. The monoisotopic (exact) mass is 484 g/mol. The Kier molecular flexibility index (Phi) is 5.38. The summed E-state index contributed by atoms with van der Waals surface area (Å²) in [5, 5.41) is 20.1. The number of hydrogen-bond acceptors (Lipinski definition) is 5. The lowest BCUT2D eigenvalue weighted by atomic mass is 9.87. The zero-order valence-corrected chi connectivity index (χ0v) is 18.6. The van der Waals surface area contributed by atoms with Crippen molar-refractivity contribution in [2.75, 3.05) is 6.61 Å². The molecule has 34 heavy (non-hydrogen) atoms. The van der Waals surface area contributed by atoms with Crippen molar-refractivity contribution in [3.63, 3.8) is 0 Å². The summed E-state index contributed by atoms with van der Waals surface area (Å²) < 4.78 is 44.1. The third kappa shape index (κ3) is 3.21. The molecule has 1 fully saturated rings. The molecule has 2 N–H and O–H groups in total. The molecule has 10 heteroatoms. The normalized spacial score (nSPS) is 24.1. The van der Waals surface area contributed by atoms with Crippen molar-refractivity contribution in [2.24, 2.45) is 11.8 Å². The molecule has 3 heterocycles. The number of halogens is 1. The lowest BCUT2D eigenvalue weighted by Crippen LogP contribution is -2.49. The molecule has 1 aromatic heterocycles. The topological polar surface area (TPSA) is 117 Å². The number of aliphatic hydroxyl groups is 1. The van der Waals surface area contributed by atoms with Gasteiger partial charge in [0, 0.05) is 36.4 Å². The largest absolute Gasteiger partial charge is 0.481 e. The highest BCUT2D eigenvalue weighted by molar-refractivity contribution is 7.89. The molecule has 0 saturated carbocycles. The van der Waals surface area contributed by atoms with Crippen molar-refractivity contribution in [2.45, 2.75) is 23.5 Å². The highest BCUT2D eigenvalue weighted by Gasteiger charge is 2.60. The maximum Gasteiger partial charge on any atom is 0.308 e. The first-order chi connectivity index (χ1) is 16.3. The van der Waals surface area contributed by atoms with E-state index in [4.69, 9.17) is 0 Å². The van der Waals surface area contributed by atoms with Gasteiger partial charge in [-0.2, -0.15) is 4.31 Å². The summed E-state index contributed by atoms with van der Waals surface area (Å²) in [6.45, 7) is -0.760. The van der Waals surface area contributed by atoms with Gasteiger partial charge in [-0.05, 0) is 29.8 Å². The second-order valence-electron chi connectivity index (χ2n) is 8.44. The Morgan fingerprint density at radius 3 is 2.35 bits per heavy atom. The predicted octanol–water partition coefficient (Wildman–Crippen LogP) is 2.09. The number of hydrogen-bond donors (Lipinski definition) is 2.